The van der Waals surface area contributed by atoms with Crippen LogP contribution in [0.4, 0.5) is 0 Å². The average Bonchev–Trinajstić information content (AvgIpc) is 2.34. The van der Waals surface area contributed by atoms with Crippen LogP contribution in [0.2, 0.25) is 0 Å². The van der Waals surface area contributed by atoms with Crippen LogP contribution in [0.25, 0.3) is 0 Å². The van der Waals surface area contributed by atoms with Crippen molar-refractivity contribution in [1.29, 1.82) is 5.26 Å². The second kappa shape index (κ2) is 2.92. The third-order valence-electron chi connectivity index (χ3n) is 0.903. The van der Waals surface area contributed by atoms with Crippen LogP contribution in [-0.2, 0) is 11.0 Å². The van der Waals surface area contributed by atoms with E-state index in [0.29, 0.717) is 9.77 Å². The normalized spacial score (nSPS) is 12.4. The number of hydrogen-bond donors (Lipinski definition) is 1. The highest BCUT2D eigenvalue weighted by atomic mass is 32.2. The molecule has 1 rings (SSSR count). The monoisotopic (exact) mass is 172 g/mol. The van der Waals surface area contributed by atoms with Crippen molar-refractivity contribution in [2.24, 2.45) is 5.14 Å². The van der Waals surface area contributed by atoms with Crippen LogP contribution in [0.15, 0.2) is 15.7 Å². The Morgan fingerprint density at radius 1 is 1.80 bits per heavy atom. The molecule has 0 aliphatic carbocycles. The van der Waals surface area contributed by atoms with Crippen molar-refractivity contribution in [1.82, 2.24) is 0 Å². The van der Waals surface area contributed by atoms with E-state index in [2.05, 4.69) is 0 Å². The summed E-state index contributed by atoms with van der Waals surface area (Å²) in [5.41, 5.74) is 0.513. The van der Waals surface area contributed by atoms with Gasteiger partial charge in [0.05, 0.1) is 5.56 Å². The first-order valence-corrected chi connectivity index (χ1v) is 4.48. The van der Waals surface area contributed by atoms with E-state index in [1.54, 1.807) is 5.38 Å². The molecule has 1 unspecified atom stereocenters. The van der Waals surface area contributed by atoms with Crippen LogP contribution in [0, 0.1) is 11.3 Å². The SMILES string of the molecule is N#Cc1csc(S(N)=O)c1. The van der Waals surface area contributed by atoms with Gasteiger partial charge in [-0.2, -0.15) is 5.26 Å². The summed E-state index contributed by atoms with van der Waals surface area (Å²) < 4.78 is 11.1. The van der Waals surface area contributed by atoms with Crippen molar-refractivity contribution in [2.75, 3.05) is 0 Å². The summed E-state index contributed by atoms with van der Waals surface area (Å²) in [6.45, 7) is 0. The first kappa shape index (κ1) is 7.41. The van der Waals surface area contributed by atoms with Crippen LogP contribution in [0.5, 0.6) is 0 Å². The Labute approximate surface area is 64.7 Å². The fourth-order valence-electron chi connectivity index (χ4n) is 0.481. The first-order valence-electron chi connectivity index (χ1n) is 2.39. The van der Waals surface area contributed by atoms with Crippen LogP contribution < -0.4 is 5.14 Å². The van der Waals surface area contributed by atoms with Crippen molar-refractivity contribution in [3.8, 4) is 6.07 Å². The number of rotatable bonds is 1. The minimum absolute atomic E-state index is 0.513. The quantitative estimate of drug-likeness (QED) is 0.674. The Bertz CT molecular complexity index is 299. The van der Waals surface area contributed by atoms with E-state index in [-0.39, 0.29) is 0 Å². The molecule has 1 heterocycles. The van der Waals surface area contributed by atoms with Gasteiger partial charge in [-0.15, -0.1) is 11.3 Å². The van der Waals surface area contributed by atoms with Crippen molar-refractivity contribution in [3.05, 3.63) is 17.0 Å². The predicted octanol–water partition coefficient (Wildman–Crippen LogP) is 0.601. The van der Waals surface area contributed by atoms with Gasteiger partial charge in [0.25, 0.3) is 0 Å². The highest BCUT2D eigenvalue weighted by Crippen LogP contribution is 2.15. The Morgan fingerprint density at radius 2 is 2.50 bits per heavy atom. The fraction of sp³-hybridized carbons (Fsp3) is 0. The van der Waals surface area contributed by atoms with E-state index in [0.717, 1.165) is 0 Å². The molecular formula is C5H4N2OS2. The van der Waals surface area contributed by atoms with Crippen LogP contribution in [0.3, 0.4) is 0 Å². The number of nitriles is 1. The maximum Gasteiger partial charge on any atom is 0.132 e. The number of hydrogen-bond acceptors (Lipinski definition) is 3. The Morgan fingerprint density at radius 3 is 2.80 bits per heavy atom. The molecule has 0 amide bonds. The standard InChI is InChI=1S/C5H4N2OS2/c6-2-4-1-5(9-3-4)10(7)8/h1,3H,7H2. The van der Waals surface area contributed by atoms with Gasteiger partial charge in [-0.1, -0.05) is 0 Å². The summed E-state index contributed by atoms with van der Waals surface area (Å²) >= 11 is 1.23. The van der Waals surface area contributed by atoms with Gasteiger partial charge in [0.1, 0.15) is 21.3 Å². The predicted molar refractivity (Wildman–Crippen MR) is 39.6 cm³/mol. The molecule has 3 nitrogen and oxygen atoms in total. The lowest BCUT2D eigenvalue weighted by Crippen LogP contribution is -1.99. The number of nitrogens with zero attached hydrogens (tertiary/aromatic N) is 1. The van der Waals surface area contributed by atoms with Gasteiger partial charge >= 0.3 is 0 Å². The van der Waals surface area contributed by atoms with Gasteiger partial charge in [0.15, 0.2) is 0 Å². The van der Waals surface area contributed by atoms with Gasteiger partial charge in [-0.25, -0.2) is 9.35 Å². The smallest absolute Gasteiger partial charge is 0.132 e. The lowest BCUT2D eigenvalue weighted by atomic mass is 10.4. The van der Waals surface area contributed by atoms with Crippen LogP contribution in [-0.4, -0.2) is 4.21 Å². The van der Waals surface area contributed by atoms with Gasteiger partial charge in [-0.05, 0) is 6.07 Å². The van der Waals surface area contributed by atoms with E-state index in [4.69, 9.17) is 10.4 Å². The molecule has 0 aliphatic heterocycles. The van der Waals surface area contributed by atoms with Crippen LogP contribution in [0.1, 0.15) is 5.56 Å². The Hall–Kier alpha value is -0.700. The molecule has 0 radical (unpaired) electrons. The Kier molecular flexibility index (Phi) is 2.17. The molecule has 1 aromatic rings. The molecule has 1 atom stereocenters. The topological polar surface area (TPSA) is 66.9 Å². The molecule has 0 aliphatic rings. The van der Waals surface area contributed by atoms with Crippen LogP contribution >= 0.6 is 11.3 Å². The largest absolute Gasteiger partial charge is 0.247 e. The molecule has 0 spiro atoms. The Balaban J connectivity index is 3.02. The van der Waals surface area contributed by atoms with Gasteiger partial charge < -0.3 is 0 Å². The minimum Gasteiger partial charge on any atom is -0.247 e. The molecule has 52 valence electrons. The highest BCUT2D eigenvalue weighted by Gasteiger charge is 2.01. The number of nitrogens with two attached hydrogens (primary N) is 1. The highest BCUT2D eigenvalue weighted by molar-refractivity contribution is 7.85. The first-order chi connectivity index (χ1) is 4.74. The van der Waals surface area contributed by atoms with Crippen molar-refractivity contribution >= 4 is 22.3 Å². The molecule has 0 fully saturated rings. The number of thiophene rings is 1. The summed E-state index contributed by atoms with van der Waals surface area (Å²) in [5, 5.41) is 15.0. The maximum absolute atomic E-state index is 10.6. The molecule has 1 aromatic heterocycles. The minimum atomic E-state index is -1.44. The van der Waals surface area contributed by atoms with E-state index < -0.39 is 11.0 Å². The summed E-state index contributed by atoms with van der Waals surface area (Å²) in [7, 11) is -1.44. The summed E-state index contributed by atoms with van der Waals surface area (Å²) in [6.07, 6.45) is 0. The molecule has 0 saturated carbocycles. The zero-order valence-electron chi connectivity index (χ0n) is 4.90. The molecule has 0 bridgehead atoms. The molecule has 2 N–H and O–H groups in total. The lowest BCUT2D eigenvalue weighted by molar-refractivity contribution is 0.685. The van der Waals surface area contributed by atoms with Gasteiger partial charge in [0.2, 0.25) is 0 Å². The van der Waals surface area contributed by atoms with Crippen molar-refractivity contribution < 1.29 is 4.21 Å². The summed E-state index contributed by atoms with van der Waals surface area (Å²) in [4.78, 5) is 0. The fourth-order valence-corrected chi connectivity index (χ4v) is 1.81. The van der Waals surface area contributed by atoms with E-state index in [1.807, 2.05) is 6.07 Å². The maximum atomic E-state index is 10.6. The molecule has 10 heavy (non-hydrogen) atoms. The molecule has 0 saturated heterocycles. The lowest BCUT2D eigenvalue weighted by Gasteiger charge is -1.82. The third-order valence-corrected chi connectivity index (χ3v) is 2.92. The van der Waals surface area contributed by atoms with Gasteiger partial charge in [-0.3, -0.25) is 0 Å². The van der Waals surface area contributed by atoms with Crippen molar-refractivity contribution in [2.45, 2.75) is 4.21 Å². The van der Waals surface area contributed by atoms with E-state index >= 15 is 0 Å². The molecule has 0 aromatic carbocycles. The third kappa shape index (κ3) is 1.42. The van der Waals surface area contributed by atoms with Gasteiger partial charge in [0, 0.05) is 5.38 Å². The van der Waals surface area contributed by atoms with Crippen molar-refractivity contribution in [3.63, 3.8) is 0 Å². The van der Waals surface area contributed by atoms with E-state index in [1.165, 1.54) is 17.4 Å². The summed E-state index contributed by atoms with van der Waals surface area (Å²) in [5.74, 6) is 0. The summed E-state index contributed by atoms with van der Waals surface area (Å²) in [6, 6.07) is 3.45. The second-order valence-corrected chi connectivity index (χ2v) is 3.77. The second-order valence-electron chi connectivity index (χ2n) is 1.56. The molecular weight excluding hydrogens is 168 g/mol. The average molecular weight is 172 g/mol. The zero-order chi connectivity index (χ0) is 7.56. The van der Waals surface area contributed by atoms with E-state index in [9.17, 15) is 4.21 Å². The zero-order valence-corrected chi connectivity index (χ0v) is 6.54. The molecule has 5 heteroatoms.